The zero-order valence-electron chi connectivity index (χ0n) is 9.90. The molecule has 92 valence electrons. The molecule has 0 unspecified atom stereocenters. The molecule has 0 aromatic heterocycles. The van der Waals surface area contributed by atoms with Crippen LogP contribution in [0.1, 0.15) is 5.56 Å². The number of carbonyl (C=O) groups is 1. The van der Waals surface area contributed by atoms with E-state index in [0.717, 1.165) is 18.7 Å². The van der Waals surface area contributed by atoms with Crippen molar-refractivity contribution in [2.24, 2.45) is 0 Å². The number of nitrogens with zero attached hydrogens (tertiary/aromatic N) is 1. The summed E-state index contributed by atoms with van der Waals surface area (Å²) in [6, 6.07) is 5.72. The number of carbonyl (C=O) groups excluding carboxylic acids is 1. The van der Waals surface area contributed by atoms with Crippen molar-refractivity contribution in [3.8, 4) is 5.75 Å². The number of ether oxygens (including phenoxy) is 1. The van der Waals surface area contributed by atoms with E-state index in [-0.39, 0.29) is 5.91 Å². The van der Waals surface area contributed by atoms with Gasteiger partial charge in [-0.25, -0.2) is 0 Å². The van der Waals surface area contributed by atoms with Crippen molar-refractivity contribution in [2.45, 2.75) is 6.54 Å². The number of amides is 1. The Balaban J connectivity index is 2.03. The molecule has 1 aliphatic rings. The Kier molecular flexibility index (Phi) is 3.49. The van der Waals surface area contributed by atoms with Crippen LogP contribution in [-0.2, 0) is 11.3 Å². The molecule has 2 rings (SSSR count). The Morgan fingerprint density at radius 2 is 2.35 bits per heavy atom. The van der Waals surface area contributed by atoms with Crippen molar-refractivity contribution in [3.05, 3.63) is 23.8 Å². The first-order valence-corrected chi connectivity index (χ1v) is 5.60. The van der Waals surface area contributed by atoms with E-state index in [1.165, 1.54) is 0 Å². The summed E-state index contributed by atoms with van der Waals surface area (Å²) in [6.45, 7) is 2.77. The molecule has 0 atom stereocenters. The molecule has 1 fully saturated rings. The van der Waals surface area contributed by atoms with Gasteiger partial charge in [0.15, 0.2) is 0 Å². The topological polar surface area (TPSA) is 67.6 Å². The van der Waals surface area contributed by atoms with Gasteiger partial charge < -0.3 is 15.8 Å². The van der Waals surface area contributed by atoms with E-state index in [1.54, 1.807) is 7.11 Å². The predicted octanol–water partition coefficient (Wildman–Crippen LogP) is 0.209. The van der Waals surface area contributed by atoms with Crippen molar-refractivity contribution in [2.75, 3.05) is 32.5 Å². The van der Waals surface area contributed by atoms with Crippen LogP contribution in [0.15, 0.2) is 18.2 Å². The normalized spacial score (nSPS) is 16.6. The van der Waals surface area contributed by atoms with Crippen molar-refractivity contribution >= 4 is 11.6 Å². The maximum Gasteiger partial charge on any atom is 0.234 e. The van der Waals surface area contributed by atoms with Crippen LogP contribution in [-0.4, -0.2) is 37.6 Å². The van der Waals surface area contributed by atoms with Crippen LogP contribution < -0.4 is 15.8 Å². The highest BCUT2D eigenvalue weighted by Crippen LogP contribution is 2.22. The molecular weight excluding hydrogens is 218 g/mol. The quantitative estimate of drug-likeness (QED) is 0.735. The third-order valence-corrected chi connectivity index (χ3v) is 2.82. The number of nitrogen functional groups attached to an aromatic ring is 1. The fourth-order valence-electron chi connectivity index (χ4n) is 1.97. The first-order valence-electron chi connectivity index (χ1n) is 5.60. The second kappa shape index (κ2) is 5.05. The van der Waals surface area contributed by atoms with Crippen LogP contribution in [0.4, 0.5) is 5.69 Å². The highest BCUT2D eigenvalue weighted by Gasteiger charge is 2.16. The molecule has 5 heteroatoms. The number of anilines is 1. The van der Waals surface area contributed by atoms with E-state index >= 15 is 0 Å². The summed E-state index contributed by atoms with van der Waals surface area (Å²) in [7, 11) is 1.60. The van der Waals surface area contributed by atoms with Gasteiger partial charge in [0.2, 0.25) is 5.91 Å². The van der Waals surface area contributed by atoms with Gasteiger partial charge in [0.25, 0.3) is 0 Å². The number of hydrogen-bond donors (Lipinski definition) is 2. The molecule has 1 amide bonds. The van der Waals surface area contributed by atoms with Gasteiger partial charge in [-0.15, -0.1) is 0 Å². The molecule has 0 saturated carbocycles. The molecule has 3 N–H and O–H groups in total. The molecule has 1 aromatic rings. The van der Waals surface area contributed by atoms with Crippen molar-refractivity contribution in [1.29, 1.82) is 0 Å². The molecule has 0 aliphatic carbocycles. The van der Waals surface area contributed by atoms with Crippen molar-refractivity contribution < 1.29 is 9.53 Å². The fraction of sp³-hybridized carbons (Fsp3) is 0.417. The zero-order chi connectivity index (χ0) is 12.3. The lowest BCUT2D eigenvalue weighted by Crippen LogP contribution is -2.47. The molecular formula is C12H17N3O2. The van der Waals surface area contributed by atoms with Gasteiger partial charge in [-0.1, -0.05) is 6.07 Å². The second-order valence-corrected chi connectivity index (χ2v) is 4.14. The first-order chi connectivity index (χ1) is 8.19. The van der Waals surface area contributed by atoms with Crippen LogP contribution in [0.5, 0.6) is 5.75 Å². The molecule has 1 aromatic carbocycles. The third kappa shape index (κ3) is 2.88. The lowest BCUT2D eigenvalue weighted by molar-refractivity contribution is -0.124. The van der Waals surface area contributed by atoms with Gasteiger partial charge in [0, 0.05) is 19.6 Å². The molecule has 0 spiro atoms. The fourth-order valence-corrected chi connectivity index (χ4v) is 1.97. The summed E-state index contributed by atoms with van der Waals surface area (Å²) in [4.78, 5) is 13.3. The number of piperazine rings is 1. The Morgan fingerprint density at radius 1 is 1.53 bits per heavy atom. The summed E-state index contributed by atoms with van der Waals surface area (Å²) >= 11 is 0. The van der Waals surface area contributed by atoms with Crippen LogP contribution in [0.25, 0.3) is 0 Å². The molecule has 5 nitrogen and oxygen atoms in total. The number of hydrogen-bond acceptors (Lipinski definition) is 4. The summed E-state index contributed by atoms with van der Waals surface area (Å²) in [5.74, 6) is 0.767. The number of nitrogens with two attached hydrogens (primary N) is 1. The number of methoxy groups -OCH3 is 1. The third-order valence-electron chi connectivity index (χ3n) is 2.82. The summed E-state index contributed by atoms with van der Waals surface area (Å²) in [5, 5.41) is 2.80. The van der Waals surface area contributed by atoms with Crippen LogP contribution in [0, 0.1) is 0 Å². The predicted molar refractivity (Wildman–Crippen MR) is 65.7 cm³/mol. The largest absolute Gasteiger partial charge is 0.495 e. The Bertz CT molecular complexity index is 420. The summed E-state index contributed by atoms with van der Waals surface area (Å²) < 4.78 is 5.10. The molecule has 1 heterocycles. The van der Waals surface area contributed by atoms with E-state index in [1.807, 2.05) is 18.2 Å². The van der Waals surface area contributed by atoms with Gasteiger partial charge in [-0.05, 0) is 17.7 Å². The van der Waals surface area contributed by atoms with Gasteiger partial charge in [0.05, 0.1) is 19.3 Å². The van der Waals surface area contributed by atoms with E-state index in [2.05, 4.69) is 10.2 Å². The Hall–Kier alpha value is -1.75. The standard InChI is InChI=1S/C12H17N3O2/c1-17-11-3-2-9(6-10(11)13)7-15-5-4-14-12(16)8-15/h2-3,6H,4-5,7-8,13H2,1H3,(H,14,16). The molecule has 0 bridgehead atoms. The molecule has 1 aliphatic heterocycles. The van der Waals surface area contributed by atoms with E-state index in [4.69, 9.17) is 10.5 Å². The van der Waals surface area contributed by atoms with Crippen molar-refractivity contribution in [1.82, 2.24) is 10.2 Å². The SMILES string of the molecule is COc1ccc(CN2CCNC(=O)C2)cc1N. The van der Waals surface area contributed by atoms with Crippen LogP contribution in [0.3, 0.4) is 0 Å². The second-order valence-electron chi connectivity index (χ2n) is 4.14. The number of rotatable bonds is 3. The Labute approximate surface area is 101 Å². The van der Waals surface area contributed by atoms with Gasteiger partial charge >= 0.3 is 0 Å². The molecule has 1 saturated heterocycles. The monoisotopic (exact) mass is 235 g/mol. The maximum absolute atomic E-state index is 11.2. The van der Waals surface area contributed by atoms with Gasteiger partial charge in [-0.2, -0.15) is 0 Å². The number of nitrogens with one attached hydrogen (secondary N) is 1. The minimum atomic E-state index is 0.0812. The van der Waals surface area contributed by atoms with Gasteiger partial charge in [0.1, 0.15) is 5.75 Å². The lowest BCUT2D eigenvalue weighted by atomic mass is 10.1. The van der Waals surface area contributed by atoms with Gasteiger partial charge in [-0.3, -0.25) is 9.69 Å². The smallest absolute Gasteiger partial charge is 0.234 e. The highest BCUT2D eigenvalue weighted by molar-refractivity contribution is 5.78. The van der Waals surface area contributed by atoms with Crippen molar-refractivity contribution in [3.63, 3.8) is 0 Å². The van der Waals surface area contributed by atoms with E-state index in [0.29, 0.717) is 24.5 Å². The first kappa shape index (κ1) is 11.7. The van der Waals surface area contributed by atoms with E-state index in [9.17, 15) is 4.79 Å². The highest BCUT2D eigenvalue weighted by atomic mass is 16.5. The lowest BCUT2D eigenvalue weighted by Gasteiger charge is -2.26. The molecule has 17 heavy (non-hydrogen) atoms. The van der Waals surface area contributed by atoms with E-state index < -0.39 is 0 Å². The Morgan fingerprint density at radius 3 is 3.00 bits per heavy atom. The maximum atomic E-state index is 11.2. The minimum absolute atomic E-state index is 0.0812. The minimum Gasteiger partial charge on any atom is -0.495 e. The zero-order valence-corrected chi connectivity index (χ0v) is 9.90. The van der Waals surface area contributed by atoms with Crippen LogP contribution >= 0.6 is 0 Å². The summed E-state index contributed by atoms with van der Waals surface area (Å²) in [5.41, 5.74) is 7.57. The van der Waals surface area contributed by atoms with Crippen LogP contribution in [0.2, 0.25) is 0 Å². The molecule has 0 radical (unpaired) electrons. The number of benzene rings is 1. The summed E-state index contributed by atoms with van der Waals surface area (Å²) in [6.07, 6.45) is 0. The average molecular weight is 235 g/mol. The average Bonchev–Trinajstić information content (AvgIpc) is 2.29.